The number of carbonyl (C=O) groups is 1. The molecule has 1 aliphatic carbocycles. The van der Waals surface area contributed by atoms with Crippen LogP contribution in [0, 0.1) is 11.8 Å². The molecule has 1 amide bonds. The van der Waals surface area contributed by atoms with Gasteiger partial charge >= 0.3 is 0 Å². The van der Waals surface area contributed by atoms with E-state index in [-0.39, 0.29) is 29.9 Å². The normalized spacial score (nSPS) is 22.0. The third-order valence-corrected chi connectivity index (χ3v) is 6.33. The summed E-state index contributed by atoms with van der Waals surface area (Å²) in [5, 5.41) is 3.37. The van der Waals surface area contributed by atoms with Crippen molar-refractivity contribution in [2.75, 3.05) is 58.3 Å². The minimum atomic E-state index is 0. The lowest BCUT2D eigenvalue weighted by Gasteiger charge is -2.35. The zero-order valence-corrected chi connectivity index (χ0v) is 21.5. The molecule has 174 valence electrons. The molecule has 0 bridgehead atoms. The average Bonchev–Trinajstić information content (AvgIpc) is 2.78. The van der Waals surface area contributed by atoms with Gasteiger partial charge in [0, 0.05) is 72.2 Å². The molecule has 1 aromatic heterocycles. The Morgan fingerprint density at radius 1 is 1.16 bits per heavy atom. The van der Waals surface area contributed by atoms with Gasteiger partial charge in [-0.05, 0) is 30.7 Å². The van der Waals surface area contributed by atoms with Crippen molar-refractivity contribution in [2.24, 2.45) is 16.8 Å². The third kappa shape index (κ3) is 7.76. The molecule has 2 heterocycles. The number of nitrogens with one attached hydrogen (secondary N) is 1. The summed E-state index contributed by atoms with van der Waals surface area (Å²) < 4.78 is 0. The summed E-state index contributed by atoms with van der Waals surface area (Å²) in [5.41, 5.74) is 0. The Labute approximate surface area is 203 Å². The van der Waals surface area contributed by atoms with Gasteiger partial charge in [0.15, 0.2) is 5.96 Å². The zero-order valence-electron chi connectivity index (χ0n) is 19.2. The van der Waals surface area contributed by atoms with Crippen LogP contribution in [-0.4, -0.2) is 85.0 Å². The topological polar surface area (TPSA) is 77.0 Å². The number of carbonyl (C=O) groups excluding carboxylic acids is 1. The van der Waals surface area contributed by atoms with E-state index in [1.165, 1.54) is 25.7 Å². The molecule has 31 heavy (non-hydrogen) atoms. The van der Waals surface area contributed by atoms with Crippen LogP contribution in [0.3, 0.4) is 0 Å². The lowest BCUT2D eigenvalue weighted by Crippen LogP contribution is -2.50. The second kappa shape index (κ2) is 13.0. The number of rotatable bonds is 6. The van der Waals surface area contributed by atoms with Gasteiger partial charge in [-0.3, -0.25) is 9.79 Å². The molecule has 0 spiro atoms. The molecule has 0 unspecified atom stereocenters. The van der Waals surface area contributed by atoms with Crippen LogP contribution in [0.1, 0.15) is 39.0 Å². The molecule has 0 atom stereocenters. The van der Waals surface area contributed by atoms with Crippen LogP contribution in [0.5, 0.6) is 0 Å². The predicted octanol–water partition coefficient (Wildman–Crippen LogP) is 2.47. The molecular weight excluding hydrogens is 505 g/mol. The monoisotopic (exact) mass is 543 g/mol. The van der Waals surface area contributed by atoms with Crippen molar-refractivity contribution in [2.45, 2.75) is 39.0 Å². The first-order chi connectivity index (χ1) is 14.6. The number of hydrogen-bond donors (Lipinski definition) is 1. The van der Waals surface area contributed by atoms with Gasteiger partial charge in [-0.15, -0.1) is 24.0 Å². The highest BCUT2D eigenvalue weighted by Crippen LogP contribution is 2.28. The van der Waals surface area contributed by atoms with Crippen LogP contribution in [0.4, 0.5) is 5.95 Å². The number of halogens is 1. The van der Waals surface area contributed by atoms with E-state index < -0.39 is 0 Å². The van der Waals surface area contributed by atoms with E-state index in [0.29, 0.717) is 26.1 Å². The minimum absolute atomic E-state index is 0. The smallest absolute Gasteiger partial charge is 0.225 e. The quantitative estimate of drug-likeness (QED) is 0.338. The summed E-state index contributed by atoms with van der Waals surface area (Å²) in [6.45, 7) is 6.97. The van der Waals surface area contributed by atoms with E-state index in [4.69, 9.17) is 0 Å². The number of aromatic nitrogens is 2. The zero-order chi connectivity index (χ0) is 21.3. The van der Waals surface area contributed by atoms with Gasteiger partial charge in [0.2, 0.25) is 11.9 Å². The summed E-state index contributed by atoms with van der Waals surface area (Å²) in [7, 11) is 3.91. The van der Waals surface area contributed by atoms with E-state index in [2.05, 4.69) is 44.0 Å². The number of amides is 1. The van der Waals surface area contributed by atoms with Gasteiger partial charge in [-0.2, -0.15) is 0 Å². The molecule has 8 nitrogen and oxygen atoms in total. The molecule has 2 aliphatic rings. The van der Waals surface area contributed by atoms with Crippen molar-refractivity contribution in [3.63, 3.8) is 0 Å². The van der Waals surface area contributed by atoms with Crippen molar-refractivity contribution in [3.8, 4) is 0 Å². The van der Waals surface area contributed by atoms with Crippen molar-refractivity contribution in [1.29, 1.82) is 0 Å². The highest BCUT2D eigenvalue weighted by atomic mass is 127. The molecule has 1 N–H and O–H groups in total. The number of aliphatic imine (C=N–C) groups is 1. The first-order valence-electron chi connectivity index (χ1n) is 11.3. The van der Waals surface area contributed by atoms with Gasteiger partial charge in [0.05, 0.1) is 0 Å². The predicted molar refractivity (Wildman–Crippen MR) is 136 cm³/mol. The molecule has 9 heteroatoms. The molecule has 3 rings (SSSR count). The maximum absolute atomic E-state index is 12.6. The summed E-state index contributed by atoms with van der Waals surface area (Å²) in [4.78, 5) is 31.9. The Morgan fingerprint density at radius 3 is 2.42 bits per heavy atom. The van der Waals surface area contributed by atoms with Gasteiger partial charge < -0.3 is 20.0 Å². The molecular formula is C22H38IN7O. The Hall–Kier alpha value is -1.65. The fourth-order valence-corrected chi connectivity index (χ4v) is 4.42. The molecule has 2 fully saturated rings. The summed E-state index contributed by atoms with van der Waals surface area (Å²) in [5.74, 6) is 3.43. The summed E-state index contributed by atoms with van der Waals surface area (Å²) >= 11 is 0. The highest BCUT2D eigenvalue weighted by Gasteiger charge is 2.23. The summed E-state index contributed by atoms with van der Waals surface area (Å²) in [6.07, 6.45) is 9.28. The molecule has 1 saturated carbocycles. The van der Waals surface area contributed by atoms with Gasteiger partial charge in [0.25, 0.3) is 0 Å². The third-order valence-electron chi connectivity index (χ3n) is 6.33. The number of hydrogen-bond acceptors (Lipinski definition) is 5. The van der Waals surface area contributed by atoms with Crippen LogP contribution in [-0.2, 0) is 4.79 Å². The van der Waals surface area contributed by atoms with Crippen LogP contribution in [0.25, 0.3) is 0 Å². The van der Waals surface area contributed by atoms with E-state index in [9.17, 15) is 4.79 Å². The van der Waals surface area contributed by atoms with E-state index in [1.54, 1.807) is 12.4 Å². The van der Waals surface area contributed by atoms with E-state index in [0.717, 1.165) is 43.4 Å². The number of piperazine rings is 1. The van der Waals surface area contributed by atoms with E-state index in [1.807, 2.05) is 18.0 Å². The fourth-order valence-electron chi connectivity index (χ4n) is 4.42. The molecule has 1 aromatic rings. The van der Waals surface area contributed by atoms with Gasteiger partial charge in [0.1, 0.15) is 0 Å². The lowest BCUT2D eigenvalue weighted by molar-refractivity contribution is -0.131. The van der Waals surface area contributed by atoms with Crippen LogP contribution >= 0.6 is 24.0 Å². The molecule has 0 aromatic carbocycles. The highest BCUT2D eigenvalue weighted by molar-refractivity contribution is 14.0. The minimum Gasteiger partial charge on any atom is -0.356 e. The maximum Gasteiger partial charge on any atom is 0.225 e. The van der Waals surface area contributed by atoms with Crippen molar-refractivity contribution < 1.29 is 4.79 Å². The van der Waals surface area contributed by atoms with Crippen molar-refractivity contribution >= 4 is 41.8 Å². The Morgan fingerprint density at radius 2 is 1.81 bits per heavy atom. The standard InChI is InChI=1S/C22H37N7O.HI/c1-18-5-7-19(8-6-18)17-27(3)21(23-2)26-12-9-20(30)28-13-15-29(16-14-28)22-24-10-4-11-25-22;/h4,10-11,18-19H,5-9,12-17H2,1-3H3,(H,23,26);1H. The Balaban J connectivity index is 0.00000341. The van der Waals surface area contributed by atoms with Crippen molar-refractivity contribution in [3.05, 3.63) is 18.5 Å². The summed E-state index contributed by atoms with van der Waals surface area (Å²) in [6, 6.07) is 1.82. The van der Waals surface area contributed by atoms with Gasteiger partial charge in [-0.1, -0.05) is 19.8 Å². The lowest BCUT2D eigenvalue weighted by atomic mass is 9.83. The van der Waals surface area contributed by atoms with E-state index >= 15 is 0 Å². The SMILES string of the molecule is CN=C(NCCC(=O)N1CCN(c2ncccn2)CC1)N(C)CC1CCC(C)CC1.I. The molecule has 1 aliphatic heterocycles. The van der Waals surface area contributed by atoms with Crippen LogP contribution in [0.2, 0.25) is 0 Å². The fraction of sp³-hybridized carbons (Fsp3) is 0.727. The Bertz CT molecular complexity index is 686. The first kappa shape index (κ1) is 25.6. The number of anilines is 1. The Kier molecular flexibility index (Phi) is 10.8. The molecule has 1 saturated heterocycles. The molecule has 0 radical (unpaired) electrons. The van der Waals surface area contributed by atoms with Gasteiger partial charge in [-0.25, -0.2) is 9.97 Å². The number of guanidine groups is 1. The largest absolute Gasteiger partial charge is 0.356 e. The second-order valence-corrected chi connectivity index (χ2v) is 8.65. The second-order valence-electron chi connectivity index (χ2n) is 8.65. The maximum atomic E-state index is 12.6. The average molecular weight is 543 g/mol. The van der Waals surface area contributed by atoms with Crippen LogP contribution in [0.15, 0.2) is 23.5 Å². The number of nitrogens with zero attached hydrogens (tertiary/aromatic N) is 6. The van der Waals surface area contributed by atoms with Crippen LogP contribution < -0.4 is 10.2 Å². The van der Waals surface area contributed by atoms with Crippen molar-refractivity contribution in [1.82, 2.24) is 25.1 Å². The first-order valence-corrected chi connectivity index (χ1v) is 11.3.